The minimum atomic E-state index is -0.242. The van der Waals surface area contributed by atoms with Crippen LogP contribution >= 0.6 is 0 Å². The zero-order valence-electron chi connectivity index (χ0n) is 20.6. The first-order valence-corrected chi connectivity index (χ1v) is 13.4. The SMILES string of the molecule is C[C@H](CC(=O)NCc1ccco1)[C@H]1CC[C@H]2[C@@H]3[C@@H](O)C[C@@H]4C[C@H](O)CC[C@]4(C)[C@H]3CC[C@]12C. The van der Waals surface area contributed by atoms with E-state index in [0.717, 1.165) is 31.4 Å². The van der Waals surface area contributed by atoms with Gasteiger partial charge in [-0.1, -0.05) is 20.8 Å². The van der Waals surface area contributed by atoms with Gasteiger partial charge in [0.15, 0.2) is 0 Å². The number of carbonyl (C=O) groups is 1. The van der Waals surface area contributed by atoms with Crippen molar-refractivity contribution in [2.45, 2.75) is 97.3 Å². The number of amides is 1. The number of aliphatic hydroxyl groups is 2. The Morgan fingerprint density at radius 1 is 1.12 bits per heavy atom. The van der Waals surface area contributed by atoms with Gasteiger partial charge in [0.05, 0.1) is 25.0 Å². The Kier molecular flexibility index (Phi) is 6.18. The first-order chi connectivity index (χ1) is 15.7. The van der Waals surface area contributed by atoms with Crippen molar-refractivity contribution in [1.29, 1.82) is 0 Å². The van der Waals surface area contributed by atoms with E-state index in [1.807, 2.05) is 12.1 Å². The Morgan fingerprint density at radius 3 is 2.64 bits per heavy atom. The zero-order valence-corrected chi connectivity index (χ0v) is 20.6. The summed E-state index contributed by atoms with van der Waals surface area (Å²) in [5.41, 5.74) is 0.472. The van der Waals surface area contributed by atoms with Crippen molar-refractivity contribution in [2.24, 2.45) is 46.3 Å². The molecule has 0 aromatic carbocycles. The van der Waals surface area contributed by atoms with E-state index in [1.54, 1.807) is 6.26 Å². The van der Waals surface area contributed by atoms with E-state index in [0.29, 0.717) is 48.5 Å². The van der Waals surface area contributed by atoms with E-state index in [9.17, 15) is 15.0 Å². The highest BCUT2D eigenvalue weighted by Crippen LogP contribution is 2.68. The molecule has 0 radical (unpaired) electrons. The van der Waals surface area contributed by atoms with Crippen molar-refractivity contribution in [2.75, 3.05) is 0 Å². The highest BCUT2D eigenvalue weighted by molar-refractivity contribution is 5.76. The molecule has 4 aliphatic rings. The maximum atomic E-state index is 12.7. The molecule has 5 heteroatoms. The standard InChI is InChI=1S/C28H43NO4/c1-17(13-25(32)29-16-20-5-4-12-33-20)21-6-7-22-26-23(9-11-28(21,22)3)27(2)10-8-19(30)14-18(27)15-24(26)31/h4-5,12,17-19,21-24,26,30-31H,6-11,13-16H2,1-3H3,(H,29,32)/t17-,18+,19-,21-,22+,23+,24+,26+,27+,28-/m1/s1. The van der Waals surface area contributed by atoms with E-state index < -0.39 is 0 Å². The number of rotatable bonds is 5. The monoisotopic (exact) mass is 457 g/mol. The normalized spacial score (nSPS) is 45.5. The van der Waals surface area contributed by atoms with Crippen molar-refractivity contribution in [1.82, 2.24) is 5.32 Å². The van der Waals surface area contributed by atoms with Crippen LogP contribution in [0.15, 0.2) is 22.8 Å². The maximum absolute atomic E-state index is 12.7. The maximum Gasteiger partial charge on any atom is 0.220 e. The van der Waals surface area contributed by atoms with Crippen molar-refractivity contribution < 1.29 is 19.4 Å². The fourth-order valence-corrected chi connectivity index (χ4v) is 9.28. The van der Waals surface area contributed by atoms with Gasteiger partial charge in [0.25, 0.3) is 0 Å². The summed E-state index contributed by atoms with van der Waals surface area (Å²) >= 11 is 0. The van der Waals surface area contributed by atoms with Gasteiger partial charge in [-0.05, 0) is 110 Å². The fraction of sp³-hybridized carbons (Fsp3) is 0.821. The highest BCUT2D eigenvalue weighted by Gasteiger charge is 2.62. The highest BCUT2D eigenvalue weighted by atomic mass is 16.3. The number of hydrogen-bond donors (Lipinski definition) is 3. The molecule has 10 atom stereocenters. The molecule has 5 rings (SSSR count). The molecular weight excluding hydrogens is 414 g/mol. The van der Waals surface area contributed by atoms with Crippen LogP contribution in [0.4, 0.5) is 0 Å². The first kappa shape index (κ1) is 23.4. The molecule has 0 aliphatic heterocycles. The summed E-state index contributed by atoms with van der Waals surface area (Å²) in [6.07, 6.45) is 10.3. The van der Waals surface area contributed by atoms with Crippen LogP contribution < -0.4 is 5.32 Å². The van der Waals surface area contributed by atoms with Gasteiger partial charge in [-0.15, -0.1) is 0 Å². The lowest BCUT2D eigenvalue weighted by atomic mass is 9.43. The summed E-state index contributed by atoms with van der Waals surface area (Å²) in [6, 6.07) is 3.73. The van der Waals surface area contributed by atoms with Crippen LogP contribution in [0.25, 0.3) is 0 Å². The summed E-state index contributed by atoms with van der Waals surface area (Å²) in [7, 11) is 0. The number of nitrogens with one attached hydrogen (secondary N) is 1. The molecule has 4 aliphatic carbocycles. The molecule has 33 heavy (non-hydrogen) atoms. The van der Waals surface area contributed by atoms with Gasteiger partial charge >= 0.3 is 0 Å². The lowest BCUT2D eigenvalue weighted by Gasteiger charge is -2.62. The second kappa shape index (κ2) is 8.71. The average molecular weight is 458 g/mol. The Hall–Kier alpha value is -1.33. The van der Waals surface area contributed by atoms with E-state index in [1.165, 1.54) is 25.7 Å². The minimum absolute atomic E-state index is 0.105. The van der Waals surface area contributed by atoms with E-state index >= 15 is 0 Å². The second-order valence-electron chi connectivity index (χ2n) is 12.5. The number of aliphatic hydroxyl groups excluding tert-OH is 2. The van der Waals surface area contributed by atoms with Gasteiger partial charge in [0.1, 0.15) is 5.76 Å². The molecule has 1 heterocycles. The number of hydrogen-bond acceptors (Lipinski definition) is 4. The lowest BCUT2D eigenvalue weighted by molar-refractivity contribution is -0.174. The van der Waals surface area contributed by atoms with Crippen LogP contribution in [-0.2, 0) is 11.3 Å². The summed E-state index contributed by atoms with van der Waals surface area (Å²) < 4.78 is 5.34. The molecule has 5 nitrogen and oxygen atoms in total. The predicted octanol–water partition coefficient (Wildman–Crippen LogP) is 4.91. The Balaban J connectivity index is 1.27. The third-order valence-corrected chi connectivity index (χ3v) is 11.0. The molecule has 1 aromatic heterocycles. The summed E-state index contributed by atoms with van der Waals surface area (Å²) in [4.78, 5) is 12.7. The van der Waals surface area contributed by atoms with Crippen molar-refractivity contribution >= 4 is 5.91 Å². The quantitative estimate of drug-likeness (QED) is 0.587. The van der Waals surface area contributed by atoms with E-state index in [-0.39, 0.29) is 28.9 Å². The third-order valence-electron chi connectivity index (χ3n) is 11.0. The average Bonchev–Trinajstić information content (AvgIpc) is 3.41. The predicted molar refractivity (Wildman–Crippen MR) is 127 cm³/mol. The lowest BCUT2D eigenvalue weighted by Crippen LogP contribution is -2.58. The number of carbonyl (C=O) groups excluding carboxylic acids is 1. The molecule has 4 fully saturated rings. The molecule has 184 valence electrons. The van der Waals surface area contributed by atoms with Gasteiger partial charge in [-0.3, -0.25) is 4.79 Å². The van der Waals surface area contributed by atoms with Crippen molar-refractivity contribution in [3.63, 3.8) is 0 Å². The molecule has 3 N–H and O–H groups in total. The van der Waals surface area contributed by atoms with Crippen LogP contribution in [0, 0.1) is 46.3 Å². The van der Waals surface area contributed by atoms with Gasteiger partial charge < -0.3 is 19.9 Å². The summed E-state index contributed by atoms with van der Waals surface area (Å²) in [6.45, 7) is 7.64. The topological polar surface area (TPSA) is 82.7 Å². The number of fused-ring (bicyclic) bond motifs is 5. The largest absolute Gasteiger partial charge is 0.467 e. The molecule has 4 saturated carbocycles. The molecule has 1 aromatic rings. The van der Waals surface area contributed by atoms with Gasteiger partial charge in [0.2, 0.25) is 5.91 Å². The Morgan fingerprint density at radius 2 is 1.88 bits per heavy atom. The molecule has 0 spiro atoms. The minimum Gasteiger partial charge on any atom is -0.467 e. The Bertz CT molecular complexity index is 839. The molecule has 1 amide bonds. The smallest absolute Gasteiger partial charge is 0.220 e. The van der Waals surface area contributed by atoms with Gasteiger partial charge in [0, 0.05) is 6.42 Å². The summed E-state index contributed by atoms with van der Waals surface area (Å²) in [5.74, 6) is 3.72. The van der Waals surface area contributed by atoms with Gasteiger partial charge in [-0.2, -0.15) is 0 Å². The molecule has 0 saturated heterocycles. The molecule has 0 bridgehead atoms. The summed E-state index contributed by atoms with van der Waals surface area (Å²) in [5, 5.41) is 24.7. The van der Waals surface area contributed by atoms with Crippen molar-refractivity contribution in [3.8, 4) is 0 Å². The zero-order chi connectivity index (χ0) is 23.4. The molecule has 0 unspecified atom stereocenters. The number of furan rings is 1. The molecular formula is C28H43NO4. The Labute approximate surface area is 198 Å². The van der Waals surface area contributed by atoms with E-state index in [2.05, 4.69) is 26.1 Å². The fourth-order valence-electron chi connectivity index (χ4n) is 9.28. The first-order valence-electron chi connectivity index (χ1n) is 13.4. The van der Waals surface area contributed by atoms with Crippen molar-refractivity contribution in [3.05, 3.63) is 24.2 Å². The van der Waals surface area contributed by atoms with Crippen LogP contribution in [-0.4, -0.2) is 28.3 Å². The van der Waals surface area contributed by atoms with Crippen LogP contribution in [0.5, 0.6) is 0 Å². The van der Waals surface area contributed by atoms with Crippen LogP contribution in [0.1, 0.15) is 84.3 Å². The van der Waals surface area contributed by atoms with Gasteiger partial charge in [-0.25, -0.2) is 0 Å². The third kappa shape index (κ3) is 3.97. The van der Waals surface area contributed by atoms with Crippen LogP contribution in [0.2, 0.25) is 0 Å². The second-order valence-corrected chi connectivity index (χ2v) is 12.5. The van der Waals surface area contributed by atoms with Crippen LogP contribution in [0.3, 0.4) is 0 Å². The van der Waals surface area contributed by atoms with E-state index in [4.69, 9.17) is 4.42 Å².